The highest BCUT2D eigenvalue weighted by Gasteiger charge is 2.28. The van der Waals surface area contributed by atoms with Crippen LogP contribution in [0.25, 0.3) is 0 Å². The molecule has 1 aromatic heterocycles. The number of aromatic nitrogens is 2. The van der Waals surface area contributed by atoms with E-state index in [2.05, 4.69) is 9.97 Å². The number of hydrogen-bond acceptors (Lipinski definition) is 3. The molecule has 1 aromatic rings. The zero-order valence-electron chi connectivity index (χ0n) is 9.00. The Hall–Kier alpha value is -1.65. The molecule has 0 aliphatic carbocycles. The van der Waals surface area contributed by atoms with Crippen molar-refractivity contribution >= 4 is 5.97 Å². The van der Waals surface area contributed by atoms with Crippen LogP contribution >= 0.6 is 0 Å². The van der Waals surface area contributed by atoms with Crippen LogP contribution in [0, 0.1) is 12.3 Å². The van der Waals surface area contributed by atoms with Gasteiger partial charge in [-0.25, -0.2) is 4.98 Å². The van der Waals surface area contributed by atoms with Gasteiger partial charge < -0.3 is 10.1 Å². The minimum atomic E-state index is -0.911. The van der Waals surface area contributed by atoms with E-state index in [1.54, 1.807) is 20.8 Å². The molecule has 2 N–H and O–H groups in total. The van der Waals surface area contributed by atoms with Gasteiger partial charge in [0.15, 0.2) is 0 Å². The van der Waals surface area contributed by atoms with Gasteiger partial charge >= 0.3 is 5.97 Å². The summed E-state index contributed by atoms with van der Waals surface area (Å²) < 4.78 is 0. The third-order valence-corrected chi connectivity index (χ3v) is 2.38. The fourth-order valence-corrected chi connectivity index (χ4v) is 1.18. The largest absolute Gasteiger partial charge is 0.481 e. The minimum absolute atomic E-state index is 0.221. The highest BCUT2D eigenvalue weighted by molar-refractivity contribution is 5.73. The molecule has 0 aromatic carbocycles. The Morgan fingerprint density at radius 1 is 1.60 bits per heavy atom. The molecule has 0 aliphatic heterocycles. The van der Waals surface area contributed by atoms with Crippen molar-refractivity contribution in [1.82, 2.24) is 9.97 Å². The Morgan fingerprint density at radius 3 is 2.73 bits per heavy atom. The first-order valence-corrected chi connectivity index (χ1v) is 4.61. The van der Waals surface area contributed by atoms with Crippen LogP contribution in [-0.2, 0) is 11.2 Å². The van der Waals surface area contributed by atoms with Gasteiger partial charge in [0.25, 0.3) is 5.56 Å². The van der Waals surface area contributed by atoms with Crippen molar-refractivity contribution in [3.05, 3.63) is 27.9 Å². The predicted molar refractivity (Wildman–Crippen MR) is 54.7 cm³/mol. The molecule has 1 rings (SSSR count). The lowest BCUT2D eigenvalue weighted by Gasteiger charge is -2.18. The molecule has 82 valence electrons. The molecule has 15 heavy (non-hydrogen) atoms. The van der Waals surface area contributed by atoms with Gasteiger partial charge in [-0.05, 0) is 20.8 Å². The Balaban J connectivity index is 3.05. The molecule has 5 heteroatoms. The van der Waals surface area contributed by atoms with Gasteiger partial charge in [-0.3, -0.25) is 9.59 Å². The lowest BCUT2D eigenvalue weighted by Crippen LogP contribution is -2.28. The molecule has 0 radical (unpaired) electrons. The first kappa shape index (κ1) is 11.4. The highest BCUT2D eigenvalue weighted by atomic mass is 16.4. The maximum atomic E-state index is 11.3. The second-order valence-electron chi connectivity index (χ2n) is 4.17. The highest BCUT2D eigenvalue weighted by Crippen LogP contribution is 2.21. The van der Waals surface area contributed by atoms with Crippen molar-refractivity contribution in [2.24, 2.45) is 5.41 Å². The van der Waals surface area contributed by atoms with E-state index in [4.69, 9.17) is 5.11 Å². The minimum Gasteiger partial charge on any atom is -0.481 e. The van der Waals surface area contributed by atoms with Crippen molar-refractivity contribution in [3.63, 3.8) is 0 Å². The quantitative estimate of drug-likeness (QED) is 0.770. The number of nitrogens with zero attached hydrogens (tertiary/aromatic N) is 1. The summed E-state index contributed by atoms with van der Waals surface area (Å²) in [7, 11) is 0. The SMILES string of the molecule is Cc1c(CC(C)(C)C(=O)O)nc[nH]c1=O. The van der Waals surface area contributed by atoms with Crippen LogP contribution in [0.1, 0.15) is 25.1 Å². The number of carboxylic acids is 1. The van der Waals surface area contributed by atoms with Crippen molar-refractivity contribution in [2.45, 2.75) is 27.2 Å². The van der Waals surface area contributed by atoms with Crippen LogP contribution < -0.4 is 5.56 Å². The van der Waals surface area contributed by atoms with Crippen molar-refractivity contribution < 1.29 is 9.90 Å². The first-order valence-electron chi connectivity index (χ1n) is 4.61. The molecule has 5 nitrogen and oxygen atoms in total. The fourth-order valence-electron chi connectivity index (χ4n) is 1.18. The summed E-state index contributed by atoms with van der Waals surface area (Å²) in [6.07, 6.45) is 1.54. The average Bonchev–Trinajstić information content (AvgIpc) is 2.12. The molecule has 0 bridgehead atoms. The van der Waals surface area contributed by atoms with Crippen LogP contribution in [0.5, 0.6) is 0 Å². The summed E-state index contributed by atoms with van der Waals surface area (Å²) in [6, 6.07) is 0. The number of aromatic amines is 1. The van der Waals surface area contributed by atoms with E-state index in [0.717, 1.165) is 0 Å². The molecule has 0 saturated heterocycles. The van der Waals surface area contributed by atoms with Gasteiger partial charge in [0.05, 0.1) is 17.4 Å². The maximum absolute atomic E-state index is 11.3. The van der Waals surface area contributed by atoms with Crippen molar-refractivity contribution in [1.29, 1.82) is 0 Å². The lowest BCUT2D eigenvalue weighted by molar-refractivity contribution is -0.146. The summed E-state index contributed by atoms with van der Waals surface area (Å²) >= 11 is 0. The van der Waals surface area contributed by atoms with E-state index < -0.39 is 11.4 Å². The number of hydrogen-bond donors (Lipinski definition) is 2. The van der Waals surface area contributed by atoms with Gasteiger partial charge in [-0.15, -0.1) is 0 Å². The van der Waals surface area contributed by atoms with Crippen LogP contribution in [0.4, 0.5) is 0 Å². The van der Waals surface area contributed by atoms with Crippen molar-refractivity contribution in [2.75, 3.05) is 0 Å². The van der Waals surface area contributed by atoms with Crippen LogP contribution in [0.3, 0.4) is 0 Å². The van der Waals surface area contributed by atoms with Gasteiger partial charge in [0.2, 0.25) is 0 Å². The van der Waals surface area contributed by atoms with Crippen molar-refractivity contribution in [3.8, 4) is 0 Å². The Morgan fingerprint density at radius 2 is 2.20 bits per heavy atom. The summed E-state index contributed by atoms with van der Waals surface area (Å²) in [5.74, 6) is -0.899. The van der Waals surface area contributed by atoms with E-state index in [-0.39, 0.29) is 12.0 Å². The second-order valence-corrected chi connectivity index (χ2v) is 4.17. The Bertz CT molecular complexity index is 435. The average molecular weight is 210 g/mol. The van der Waals surface area contributed by atoms with E-state index in [9.17, 15) is 9.59 Å². The molecule has 0 saturated carbocycles. The molecule has 0 spiro atoms. The molecule has 0 unspecified atom stereocenters. The maximum Gasteiger partial charge on any atom is 0.309 e. The standard InChI is InChI=1S/C10H14N2O3/c1-6-7(11-5-12-8(6)13)4-10(2,3)9(14)15/h5H,4H2,1-3H3,(H,14,15)(H,11,12,13). The fraction of sp³-hybridized carbons (Fsp3) is 0.500. The molecular formula is C10H14N2O3. The summed E-state index contributed by atoms with van der Waals surface area (Å²) in [4.78, 5) is 28.6. The third kappa shape index (κ3) is 2.43. The van der Waals surface area contributed by atoms with E-state index >= 15 is 0 Å². The number of rotatable bonds is 3. The zero-order chi connectivity index (χ0) is 11.6. The van der Waals surface area contributed by atoms with E-state index in [1.165, 1.54) is 6.33 Å². The lowest BCUT2D eigenvalue weighted by atomic mass is 9.87. The number of H-pyrrole nitrogens is 1. The van der Waals surface area contributed by atoms with Gasteiger partial charge in [-0.1, -0.05) is 0 Å². The molecule has 1 heterocycles. The monoisotopic (exact) mass is 210 g/mol. The van der Waals surface area contributed by atoms with E-state index in [1.807, 2.05) is 0 Å². The normalized spacial score (nSPS) is 11.4. The third-order valence-electron chi connectivity index (χ3n) is 2.38. The zero-order valence-corrected chi connectivity index (χ0v) is 9.00. The summed E-state index contributed by atoms with van der Waals surface area (Å²) in [6.45, 7) is 4.86. The van der Waals surface area contributed by atoms with Gasteiger partial charge in [0, 0.05) is 12.0 Å². The number of aliphatic carboxylic acids is 1. The Labute approximate surface area is 87.2 Å². The predicted octanol–water partition coefficient (Wildman–Crippen LogP) is 0.732. The van der Waals surface area contributed by atoms with Crippen LogP contribution in [0.2, 0.25) is 0 Å². The first-order chi connectivity index (χ1) is 6.84. The Kier molecular flexibility index (Phi) is 2.93. The van der Waals surface area contributed by atoms with E-state index in [0.29, 0.717) is 11.3 Å². The summed E-state index contributed by atoms with van der Waals surface area (Å²) in [5, 5.41) is 8.95. The van der Waals surface area contributed by atoms with Gasteiger partial charge in [-0.2, -0.15) is 0 Å². The summed E-state index contributed by atoms with van der Waals surface area (Å²) in [5.41, 5.74) is -0.120. The van der Waals surface area contributed by atoms with Crippen LogP contribution in [0.15, 0.2) is 11.1 Å². The molecular weight excluding hydrogens is 196 g/mol. The van der Waals surface area contributed by atoms with Gasteiger partial charge in [0.1, 0.15) is 0 Å². The smallest absolute Gasteiger partial charge is 0.309 e. The van der Waals surface area contributed by atoms with Crippen LogP contribution in [-0.4, -0.2) is 21.0 Å². The number of carbonyl (C=O) groups is 1. The number of carboxylic acid groups (broad SMARTS) is 1. The second kappa shape index (κ2) is 3.84. The molecule has 0 atom stereocenters. The molecule has 0 fully saturated rings. The molecule has 0 amide bonds. The topological polar surface area (TPSA) is 83.0 Å². The number of nitrogens with one attached hydrogen (secondary N) is 1. The molecule has 0 aliphatic rings.